The highest BCUT2D eigenvalue weighted by Crippen LogP contribution is 2.36. The van der Waals surface area contributed by atoms with Crippen molar-refractivity contribution in [3.63, 3.8) is 0 Å². The lowest BCUT2D eigenvalue weighted by Crippen LogP contribution is -2.47. The van der Waals surface area contributed by atoms with Crippen LogP contribution in [0.1, 0.15) is 50.4 Å². The normalized spacial score (nSPS) is 21.0. The molecule has 2 saturated heterocycles. The fraction of sp³-hybridized carbons (Fsp3) is 0.389. The summed E-state index contributed by atoms with van der Waals surface area (Å²) in [6.07, 6.45) is -0.466. The minimum Gasteiger partial charge on any atom is -0.453 e. The number of rotatable bonds is 9. The topological polar surface area (TPSA) is 175 Å². The first-order chi connectivity index (χ1) is 24.9. The molecule has 16 heteroatoms. The molecule has 0 radical (unpaired) electrons. The predicted octanol–water partition coefficient (Wildman–Crippen LogP) is 4.85. The van der Waals surface area contributed by atoms with E-state index < -0.39 is 60.5 Å². The van der Waals surface area contributed by atoms with Crippen LogP contribution in [0.4, 0.5) is 18.4 Å². The number of carbonyl (C=O) groups excluding carboxylic acids is 4. The van der Waals surface area contributed by atoms with Crippen molar-refractivity contribution in [2.45, 2.75) is 63.2 Å². The molecule has 0 aliphatic carbocycles. The summed E-state index contributed by atoms with van der Waals surface area (Å²) < 4.78 is 38.2. The number of H-pyrrole nitrogens is 2. The van der Waals surface area contributed by atoms with E-state index in [2.05, 4.69) is 40.0 Å². The molecule has 4 heterocycles. The summed E-state index contributed by atoms with van der Waals surface area (Å²) in [4.78, 5) is 67.5. The number of nitrogens with one attached hydrogen (secondary N) is 4. The number of imidazole rings is 2. The van der Waals surface area contributed by atoms with Crippen LogP contribution in [0.2, 0.25) is 0 Å². The fourth-order valence-electron chi connectivity index (χ4n) is 6.66. The van der Waals surface area contributed by atoms with Crippen molar-refractivity contribution in [2.75, 3.05) is 27.3 Å². The van der Waals surface area contributed by atoms with Crippen molar-refractivity contribution in [2.24, 2.45) is 0 Å². The van der Waals surface area contributed by atoms with Crippen molar-refractivity contribution < 1.29 is 37.4 Å². The Bertz CT molecular complexity index is 1780. The van der Waals surface area contributed by atoms with Crippen molar-refractivity contribution in [1.82, 2.24) is 40.4 Å². The molecule has 274 valence electrons. The van der Waals surface area contributed by atoms with E-state index in [-0.39, 0.29) is 25.9 Å². The minimum atomic E-state index is -1.22. The summed E-state index contributed by atoms with van der Waals surface area (Å²) in [6.45, 7) is 2.84. The molecular weight excluding hydrogens is 678 g/mol. The average molecular weight is 719 g/mol. The Hall–Kier alpha value is -5.80. The predicted molar refractivity (Wildman–Crippen MR) is 185 cm³/mol. The molecule has 4 N–H and O–H groups in total. The second-order valence-electron chi connectivity index (χ2n) is 12.9. The molecular formula is C36H40F2N8O6. The third kappa shape index (κ3) is 7.60. The van der Waals surface area contributed by atoms with E-state index >= 15 is 0 Å². The molecule has 14 nitrogen and oxygen atoms in total. The summed E-state index contributed by atoms with van der Waals surface area (Å²) in [5.41, 5.74) is 5.04. The zero-order valence-electron chi connectivity index (χ0n) is 29.1. The van der Waals surface area contributed by atoms with Crippen LogP contribution >= 0.6 is 0 Å². The first kappa shape index (κ1) is 36.0. The molecule has 0 spiro atoms. The highest BCUT2D eigenvalue weighted by Gasteiger charge is 2.41. The van der Waals surface area contributed by atoms with Gasteiger partial charge in [0.15, 0.2) is 0 Å². The number of aromatic nitrogens is 4. The van der Waals surface area contributed by atoms with Crippen LogP contribution in [-0.4, -0.2) is 105 Å². The summed E-state index contributed by atoms with van der Waals surface area (Å²) in [5.74, 6) is 0.0510. The van der Waals surface area contributed by atoms with Gasteiger partial charge in [0.05, 0.1) is 63.2 Å². The van der Waals surface area contributed by atoms with E-state index in [0.717, 1.165) is 22.3 Å². The lowest BCUT2D eigenvalue weighted by atomic mass is 10.0. The van der Waals surface area contributed by atoms with Crippen LogP contribution in [0, 0.1) is 0 Å². The van der Waals surface area contributed by atoms with E-state index in [1.807, 2.05) is 48.5 Å². The summed E-state index contributed by atoms with van der Waals surface area (Å²) >= 11 is 0. The SMILES string of the molecule is COC(=O)N[C@@H](C)C(=O)N1C[C@H](F)C[C@H]1c1ncc(-c2ccc(-c3ccc(-c4cnc([C@@H]5C[C@H](F)CN5C(=O)[C@H](C)NC(=O)OC)[nH]4)cc3)cc2)[nH]1. The van der Waals surface area contributed by atoms with Gasteiger partial charge in [-0.25, -0.2) is 28.3 Å². The third-order valence-electron chi connectivity index (χ3n) is 9.39. The van der Waals surface area contributed by atoms with Gasteiger partial charge in [-0.15, -0.1) is 0 Å². The number of amides is 4. The number of halogens is 2. The number of hydrogen-bond donors (Lipinski definition) is 4. The van der Waals surface area contributed by atoms with Crippen molar-refractivity contribution in [1.29, 1.82) is 0 Å². The Morgan fingerprint density at radius 3 is 1.37 bits per heavy atom. The molecule has 6 atom stereocenters. The lowest BCUT2D eigenvalue weighted by molar-refractivity contribution is -0.134. The molecule has 0 bridgehead atoms. The second-order valence-corrected chi connectivity index (χ2v) is 12.9. The zero-order chi connectivity index (χ0) is 37.1. The second kappa shape index (κ2) is 15.2. The maximum atomic E-state index is 14.5. The van der Waals surface area contributed by atoms with E-state index in [1.54, 1.807) is 12.4 Å². The fourth-order valence-corrected chi connectivity index (χ4v) is 6.66. The van der Waals surface area contributed by atoms with Crippen molar-refractivity contribution in [3.05, 3.63) is 72.6 Å². The Balaban J connectivity index is 1.11. The molecule has 2 fully saturated rings. The molecule has 0 saturated carbocycles. The molecule has 2 aromatic carbocycles. The van der Waals surface area contributed by atoms with Crippen LogP contribution in [0.3, 0.4) is 0 Å². The molecule has 2 aliphatic rings. The monoisotopic (exact) mass is 718 g/mol. The number of aromatic amines is 2. The summed E-state index contributed by atoms with van der Waals surface area (Å²) in [6, 6.07) is 12.6. The minimum absolute atomic E-state index is 0.0880. The van der Waals surface area contributed by atoms with Crippen molar-refractivity contribution in [3.8, 4) is 33.6 Å². The third-order valence-corrected chi connectivity index (χ3v) is 9.39. The lowest BCUT2D eigenvalue weighted by Gasteiger charge is -2.26. The van der Waals surface area contributed by atoms with Gasteiger partial charge in [0.2, 0.25) is 11.8 Å². The summed E-state index contributed by atoms with van der Waals surface area (Å²) in [5, 5.41) is 4.87. The van der Waals surface area contributed by atoms with Crippen LogP contribution in [0.15, 0.2) is 60.9 Å². The highest BCUT2D eigenvalue weighted by molar-refractivity contribution is 5.86. The quantitative estimate of drug-likeness (QED) is 0.190. The summed E-state index contributed by atoms with van der Waals surface area (Å²) in [7, 11) is 2.40. The van der Waals surface area contributed by atoms with E-state index in [0.29, 0.717) is 23.0 Å². The number of benzene rings is 2. The number of alkyl halides is 2. The van der Waals surface area contributed by atoms with Gasteiger partial charge in [0, 0.05) is 12.8 Å². The molecule has 0 unspecified atom stereocenters. The van der Waals surface area contributed by atoms with E-state index in [9.17, 15) is 28.0 Å². The number of carbonyl (C=O) groups is 4. The number of hydrogen-bond acceptors (Lipinski definition) is 8. The van der Waals surface area contributed by atoms with Gasteiger partial charge < -0.3 is 39.9 Å². The average Bonchev–Trinajstić information content (AvgIpc) is 3.97. The molecule has 4 aromatic rings. The van der Waals surface area contributed by atoms with Crippen LogP contribution in [0.5, 0.6) is 0 Å². The van der Waals surface area contributed by atoms with E-state index in [1.165, 1.54) is 37.9 Å². The van der Waals surface area contributed by atoms with Gasteiger partial charge in [-0.1, -0.05) is 48.5 Å². The van der Waals surface area contributed by atoms with Gasteiger partial charge in [-0.2, -0.15) is 0 Å². The number of nitrogens with zero attached hydrogens (tertiary/aromatic N) is 4. The zero-order valence-corrected chi connectivity index (χ0v) is 29.1. The number of methoxy groups -OCH3 is 2. The smallest absolute Gasteiger partial charge is 0.407 e. The standard InChI is InChI=1S/C36H40F2N8O6/c1-19(41-35(49)51-3)33(47)45-17-25(37)13-29(45)31-39-15-27(43-31)23-9-5-21(6-10-23)22-7-11-24(12-8-22)28-16-40-32(44-28)30-14-26(38)18-46(30)34(48)20(2)42-36(50)52-4/h5-12,15-16,19-20,25-26,29-30H,13-14,17-18H2,1-4H3,(H,39,43)(H,40,44)(H,41,49)(H,42,50)/t19-,20-,25-,26+,29-,30-/m0/s1. The maximum absolute atomic E-state index is 14.5. The molecule has 2 aliphatic heterocycles. The van der Waals surface area contributed by atoms with Crippen LogP contribution < -0.4 is 10.6 Å². The van der Waals surface area contributed by atoms with Crippen molar-refractivity contribution >= 4 is 24.0 Å². The molecule has 2 aromatic heterocycles. The van der Waals surface area contributed by atoms with Crippen LogP contribution in [0.25, 0.3) is 33.6 Å². The van der Waals surface area contributed by atoms with Crippen LogP contribution in [-0.2, 0) is 19.1 Å². The Labute approximate surface area is 298 Å². The van der Waals surface area contributed by atoms with E-state index in [4.69, 9.17) is 0 Å². The first-order valence-electron chi connectivity index (χ1n) is 16.8. The van der Waals surface area contributed by atoms with Gasteiger partial charge in [-0.05, 0) is 36.1 Å². The molecule has 4 amide bonds. The Morgan fingerprint density at radius 2 is 1.02 bits per heavy atom. The van der Waals surface area contributed by atoms with Gasteiger partial charge >= 0.3 is 12.2 Å². The largest absolute Gasteiger partial charge is 0.453 e. The van der Waals surface area contributed by atoms with Gasteiger partial charge in [-0.3, -0.25) is 9.59 Å². The number of ether oxygens (including phenoxy) is 2. The highest BCUT2D eigenvalue weighted by atomic mass is 19.1. The maximum Gasteiger partial charge on any atom is 0.407 e. The molecule has 52 heavy (non-hydrogen) atoms. The Kier molecular flexibility index (Phi) is 10.5. The van der Waals surface area contributed by atoms with Gasteiger partial charge in [0.25, 0.3) is 0 Å². The molecule has 6 rings (SSSR count). The number of likely N-dealkylation sites (tertiary alicyclic amines) is 2. The Morgan fingerprint density at radius 1 is 0.673 bits per heavy atom. The van der Waals surface area contributed by atoms with Gasteiger partial charge in [0.1, 0.15) is 36.1 Å². The number of alkyl carbamates (subject to hydrolysis) is 2. The first-order valence-corrected chi connectivity index (χ1v) is 16.8.